The summed E-state index contributed by atoms with van der Waals surface area (Å²) >= 11 is 0. The molecule has 0 fully saturated rings. The molecule has 2 aromatic rings. The van der Waals surface area contributed by atoms with Gasteiger partial charge < -0.3 is 10.1 Å². The number of nitrogens with one attached hydrogen (secondary N) is 1. The van der Waals surface area contributed by atoms with Gasteiger partial charge in [-0.3, -0.25) is 9.10 Å². The van der Waals surface area contributed by atoms with E-state index in [-0.39, 0.29) is 16.6 Å². The van der Waals surface area contributed by atoms with Gasteiger partial charge in [0.2, 0.25) is 5.91 Å². The molecule has 2 aromatic carbocycles. The largest absolute Gasteiger partial charge is 0.383 e. The monoisotopic (exact) mass is 378 g/mol. The van der Waals surface area contributed by atoms with Crippen LogP contribution in [0.3, 0.4) is 0 Å². The molecule has 1 amide bonds. The van der Waals surface area contributed by atoms with Gasteiger partial charge in [-0.2, -0.15) is 0 Å². The number of hydrogen-bond acceptors (Lipinski definition) is 4. The molecule has 6 nitrogen and oxygen atoms in total. The second-order valence-corrected chi connectivity index (χ2v) is 7.92. The molecular formula is C18H19FN2O4S. The van der Waals surface area contributed by atoms with E-state index in [1.54, 1.807) is 25.1 Å². The first-order valence-corrected chi connectivity index (χ1v) is 9.48. The maximum atomic E-state index is 13.8. The third-order valence-electron chi connectivity index (χ3n) is 4.08. The quantitative estimate of drug-likeness (QED) is 0.865. The maximum Gasteiger partial charge on any atom is 0.265 e. The Bertz CT molecular complexity index is 946. The molecule has 0 saturated heterocycles. The van der Waals surface area contributed by atoms with E-state index in [9.17, 15) is 17.6 Å². The molecule has 0 radical (unpaired) electrons. The first-order chi connectivity index (χ1) is 12.3. The lowest BCUT2D eigenvalue weighted by molar-refractivity contribution is -0.120. The molecule has 26 heavy (non-hydrogen) atoms. The average Bonchev–Trinajstić information content (AvgIpc) is 2.59. The molecule has 0 saturated carbocycles. The van der Waals surface area contributed by atoms with Crippen LogP contribution in [0.5, 0.6) is 0 Å². The normalized spacial score (nSPS) is 15.7. The summed E-state index contributed by atoms with van der Waals surface area (Å²) in [5.41, 5.74) is 1.14. The summed E-state index contributed by atoms with van der Waals surface area (Å²) < 4.78 is 45.8. The predicted molar refractivity (Wildman–Crippen MR) is 95.8 cm³/mol. The van der Waals surface area contributed by atoms with Crippen LogP contribution in [-0.4, -0.2) is 40.6 Å². The van der Waals surface area contributed by atoms with E-state index >= 15 is 0 Å². The van der Waals surface area contributed by atoms with Gasteiger partial charge in [0.1, 0.15) is 12.4 Å². The molecule has 0 spiro atoms. The first-order valence-electron chi connectivity index (χ1n) is 8.04. The number of benzene rings is 2. The Morgan fingerprint density at radius 2 is 1.96 bits per heavy atom. The van der Waals surface area contributed by atoms with Crippen LogP contribution in [-0.2, 0) is 19.6 Å². The van der Waals surface area contributed by atoms with Crippen molar-refractivity contribution in [2.24, 2.45) is 0 Å². The van der Waals surface area contributed by atoms with Crippen LogP contribution in [0, 0.1) is 5.82 Å². The number of rotatable bonds is 5. The Balaban J connectivity index is 2.02. The molecule has 1 atom stereocenters. The fraction of sp³-hybridized carbons (Fsp3) is 0.278. The molecule has 0 aromatic heterocycles. The predicted octanol–water partition coefficient (Wildman–Crippen LogP) is 2.15. The summed E-state index contributed by atoms with van der Waals surface area (Å²) in [4.78, 5) is 12.4. The van der Waals surface area contributed by atoms with Crippen molar-refractivity contribution in [1.82, 2.24) is 5.32 Å². The van der Waals surface area contributed by atoms with Crippen LogP contribution >= 0.6 is 0 Å². The number of nitrogens with zero attached hydrogens (tertiary/aromatic N) is 1. The Morgan fingerprint density at radius 3 is 2.69 bits per heavy atom. The fourth-order valence-electron chi connectivity index (χ4n) is 3.02. The highest BCUT2D eigenvalue weighted by molar-refractivity contribution is 7.93. The van der Waals surface area contributed by atoms with Gasteiger partial charge in [0.25, 0.3) is 10.0 Å². The smallest absolute Gasteiger partial charge is 0.265 e. The van der Waals surface area contributed by atoms with E-state index in [0.717, 1.165) is 4.31 Å². The van der Waals surface area contributed by atoms with Crippen LogP contribution < -0.4 is 9.62 Å². The fourth-order valence-corrected chi connectivity index (χ4v) is 4.67. The zero-order valence-corrected chi connectivity index (χ0v) is 15.2. The van der Waals surface area contributed by atoms with Crippen LogP contribution in [0.25, 0.3) is 11.1 Å². The number of hydrogen-bond donors (Lipinski definition) is 1. The van der Waals surface area contributed by atoms with Crippen LogP contribution in [0.4, 0.5) is 10.1 Å². The van der Waals surface area contributed by atoms with Crippen LogP contribution in [0.1, 0.15) is 6.92 Å². The number of methoxy groups -OCH3 is 1. The van der Waals surface area contributed by atoms with E-state index in [2.05, 4.69) is 5.32 Å². The van der Waals surface area contributed by atoms with E-state index in [1.807, 2.05) is 0 Å². The standard InChI is InChI=1S/C18H19FN2O4S/c1-12(11-25-2)20-18(22)10-21-16-8-7-13(19)9-15(16)14-5-3-4-6-17(14)26(21,23)24/h3-9,12H,10-11H2,1-2H3,(H,20,22)/t12-/m1/s1. The summed E-state index contributed by atoms with van der Waals surface area (Å²) in [7, 11) is -2.42. The van der Waals surface area contributed by atoms with Crippen molar-refractivity contribution in [1.29, 1.82) is 0 Å². The summed E-state index contributed by atoms with van der Waals surface area (Å²) in [5.74, 6) is -0.941. The van der Waals surface area contributed by atoms with Crippen molar-refractivity contribution in [3.8, 4) is 11.1 Å². The minimum Gasteiger partial charge on any atom is -0.383 e. The Labute approximate surface area is 151 Å². The molecule has 0 aliphatic carbocycles. The second-order valence-electron chi connectivity index (χ2n) is 6.09. The highest BCUT2D eigenvalue weighted by atomic mass is 32.2. The van der Waals surface area contributed by atoms with Crippen molar-refractivity contribution in [2.75, 3.05) is 24.6 Å². The zero-order chi connectivity index (χ0) is 18.9. The zero-order valence-electron chi connectivity index (χ0n) is 14.4. The topological polar surface area (TPSA) is 75.7 Å². The number of sulfonamides is 1. The number of amides is 1. The molecule has 1 N–H and O–H groups in total. The molecular weight excluding hydrogens is 359 g/mol. The van der Waals surface area contributed by atoms with Gasteiger partial charge in [-0.15, -0.1) is 0 Å². The van der Waals surface area contributed by atoms with Gasteiger partial charge in [-0.05, 0) is 31.2 Å². The van der Waals surface area contributed by atoms with E-state index in [4.69, 9.17) is 4.74 Å². The number of fused-ring (bicyclic) bond motifs is 3. The highest BCUT2D eigenvalue weighted by Crippen LogP contribution is 2.42. The van der Waals surface area contributed by atoms with Gasteiger partial charge in [0.05, 0.1) is 17.2 Å². The highest BCUT2D eigenvalue weighted by Gasteiger charge is 2.36. The van der Waals surface area contributed by atoms with Crippen molar-refractivity contribution < 1.29 is 22.3 Å². The molecule has 0 bridgehead atoms. The summed E-state index contributed by atoms with van der Waals surface area (Å²) in [6.45, 7) is 1.66. The average molecular weight is 378 g/mol. The van der Waals surface area contributed by atoms with E-state index in [0.29, 0.717) is 17.7 Å². The lowest BCUT2D eigenvalue weighted by Gasteiger charge is -2.31. The molecule has 8 heteroatoms. The molecule has 1 heterocycles. The van der Waals surface area contributed by atoms with E-state index < -0.39 is 28.3 Å². The lowest BCUT2D eigenvalue weighted by atomic mass is 10.0. The number of anilines is 1. The van der Waals surface area contributed by atoms with Crippen LogP contribution in [0.2, 0.25) is 0 Å². The minimum absolute atomic E-state index is 0.0517. The molecule has 0 unspecified atom stereocenters. The first kappa shape index (κ1) is 18.3. The number of carbonyl (C=O) groups is 1. The Morgan fingerprint density at radius 1 is 1.23 bits per heavy atom. The summed E-state index contributed by atoms with van der Waals surface area (Å²) in [5, 5.41) is 2.69. The van der Waals surface area contributed by atoms with Crippen molar-refractivity contribution in [3.05, 3.63) is 48.3 Å². The summed E-state index contributed by atoms with van der Waals surface area (Å²) in [6, 6.07) is 9.95. The van der Waals surface area contributed by atoms with Crippen molar-refractivity contribution in [3.63, 3.8) is 0 Å². The van der Waals surface area contributed by atoms with Gasteiger partial charge in [-0.1, -0.05) is 18.2 Å². The maximum absolute atomic E-state index is 13.8. The molecule has 3 rings (SSSR count). The Kier molecular flexibility index (Phi) is 4.97. The minimum atomic E-state index is -3.93. The SMILES string of the molecule is COC[C@@H](C)NC(=O)CN1c2ccc(F)cc2-c2ccccc2S1(=O)=O. The van der Waals surface area contributed by atoms with Gasteiger partial charge >= 0.3 is 0 Å². The Hall–Kier alpha value is -2.45. The second kappa shape index (κ2) is 7.05. The van der Waals surface area contributed by atoms with Gasteiger partial charge in [0.15, 0.2) is 0 Å². The third-order valence-corrected chi connectivity index (χ3v) is 5.90. The van der Waals surface area contributed by atoms with Gasteiger partial charge in [0, 0.05) is 24.3 Å². The van der Waals surface area contributed by atoms with Crippen LogP contribution in [0.15, 0.2) is 47.4 Å². The van der Waals surface area contributed by atoms with Crippen molar-refractivity contribution >= 4 is 21.6 Å². The van der Waals surface area contributed by atoms with E-state index in [1.165, 1.54) is 31.4 Å². The number of halogens is 1. The lowest BCUT2D eigenvalue weighted by Crippen LogP contribution is -2.45. The number of carbonyl (C=O) groups excluding carboxylic acids is 1. The van der Waals surface area contributed by atoms with Gasteiger partial charge in [-0.25, -0.2) is 12.8 Å². The molecule has 1 aliphatic heterocycles. The van der Waals surface area contributed by atoms with Crippen molar-refractivity contribution in [2.45, 2.75) is 17.9 Å². The number of ether oxygens (including phenoxy) is 1. The molecule has 1 aliphatic rings. The summed E-state index contributed by atoms with van der Waals surface area (Å²) in [6.07, 6.45) is 0. The molecule has 138 valence electrons. The third kappa shape index (κ3) is 3.30.